The number of aromatic nitrogens is 2. The highest BCUT2D eigenvalue weighted by atomic mass is 16.5. The largest absolute Gasteiger partial charge is 0.480 e. The highest BCUT2D eigenvalue weighted by molar-refractivity contribution is 5.26. The van der Waals surface area contributed by atoms with E-state index in [2.05, 4.69) is 22.2 Å². The minimum absolute atomic E-state index is 0.000793. The van der Waals surface area contributed by atoms with E-state index >= 15 is 0 Å². The fourth-order valence-corrected chi connectivity index (χ4v) is 2.32. The molecule has 0 spiro atoms. The van der Waals surface area contributed by atoms with E-state index in [4.69, 9.17) is 14.2 Å². The van der Waals surface area contributed by atoms with Gasteiger partial charge >= 0.3 is 0 Å². The SMILES string of the molecule is CCNC(c1ncc(OC)nc1OC)C1CCCO1. The van der Waals surface area contributed by atoms with Gasteiger partial charge in [0.05, 0.1) is 32.6 Å². The molecular weight excluding hydrogens is 246 g/mol. The van der Waals surface area contributed by atoms with Crippen molar-refractivity contribution in [1.82, 2.24) is 15.3 Å². The number of ether oxygens (including phenoxy) is 3. The van der Waals surface area contributed by atoms with E-state index in [1.807, 2.05) is 0 Å². The molecular formula is C13H21N3O3. The van der Waals surface area contributed by atoms with Gasteiger partial charge in [0.25, 0.3) is 0 Å². The maximum Gasteiger partial charge on any atom is 0.240 e. The summed E-state index contributed by atoms with van der Waals surface area (Å²) in [5.74, 6) is 0.934. The van der Waals surface area contributed by atoms with E-state index in [0.717, 1.165) is 31.7 Å². The van der Waals surface area contributed by atoms with Crippen molar-refractivity contribution in [3.8, 4) is 11.8 Å². The predicted molar refractivity (Wildman–Crippen MR) is 70.5 cm³/mol. The summed E-state index contributed by atoms with van der Waals surface area (Å²) in [5.41, 5.74) is 0.775. The number of hydrogen-bond acceptors (Lipinski definition) is 6. The van der Waals surface area contributed by atoms with Crippen LogP contribution in [0.15, 0.2) is 6.20 Å². The number of hydrogen-bond donors (Lipinski definition) is 1. The monoisotopic (exact) mass is 267 g/mol. The van der Waals surface area contributed by atoms with Gasteiger partial charge in [0.15, 0.2) is 0 Å². The molecule has 6 nitrogen and oxygen atoms in total. The highest BCUT2D eigenvalue weighted by Gasteiger charge is 2.30. The first kappa shape index (κ1) is 14.0. The third-order valence-electron chi connectivity index (χ3n) is 3.20. The molecule has 1 aliphatic heterocycles. The van der Waals surface area contributed by atoms with E-state index in [0.29, 0.717) is 11.8 Å². The fraction of sp³-hybridized carbons (Fsp3) is 0.692. The average molecular weight is 267 g/mol. The Morgan fingerprint density at radius 2 is 2.32 bits per heavy atom. The summed E-state index contributed by atoms with van der Waals surface area (Å²) in [5, 5.41) is 3.40. The van der Waals surface area contributed by atoms with Crippen molar-refractivity contribution in [2.75, 3.05) is 27.4 Å². The minimum Gasteiger partial charge on any atom is -0.480 e. The summed E-state index contributed by atoms with van der Waals surface area (Å²) in [7, 11) is 3.15. The Bertz CT molecular complexity index is 408. The molecule has 1 aromatic rings. The van der Waals surface area contributed by atoms with Crippen LogP contribution in [-0.4, -0.2) is 43.4 Å². The van der Waals surface area contributed by atoms with Crippen LogP contribution in [0.1, 0.15) is 31.5 Å². The summed E-state index contributed by atoms with van der Waals surface area (Å²) < 4.78 is 16.2. The van der Waals surface area contributed by atoms with Crippen molar-refractivity contribution >= 4 is 0 Å². The van der Waals surface area contributed by atoms with Crippen LogP contribution in [0.5, 0.6) is 11.8 Å². The summed E-state index contributed by atoms with van der Waals surface area (Å²) in [4.78, 5) is 8.71. The second kappa shape index (κ2) is 6.68. The van der Waals surface area contributed by atoms with E-state index < -0.39 is 0 Å². The summed E-state index contributed by atoms with van der Waals surface area (Å²) in [6.07, 6.45) is 3.83. The zero-order chi connectivity index (χ0) is 13.7. The van der Waals surface area contributed by atoms with E-state index in [-0.39, 0.29) is 12.1 Å². The zero-order valence-electron chi connectivity index (χ0n) is 11.7. The molecule has 0 radical (unpaired) electrons. The van der Waals surface area contributed by atoms with Gasteiger partial charge in [0, 0.05) is 6.61 Å². The van der Waals surface area contributed by atoms with Crippen molar-refractivity contribution in [2.24, 2.45) is 0 Å². The number of likely N-dealkylation sites (N-methyl/N-ethyl adjacent to an activating group) is 1. The van der Waals surface area contributed by atoms with E-state index in [1.54, 1.807) is 20.4 Å². The van der Waals surface area contributed by atoms with Gasteiger partial charge in [-0.15, -0.1) is 0 Å². The maximum absolute atomic E-state index is 5.76. The molecule has 0 saturated carbocycles. The van der Waals surface area contributed by atoms with Gasteiger partial charge in [0.1, 0.15) is 5.69 Å². The van der Waals surface area contributed by atoms with Gasteiger partial charge < -0.3 is 19.5 Å². The lowest BCUT2D eigenvalue weighted by atomic mass is 10.0. The molecule has 1 aromatic heterocycles. The van der Waals surface area contributed by atoms with Gasteiger partial charge in [-0.2, -0.15) is 4.98 Å². The van der Waals surface area contributed by atoms with Crippen LogP contribution in [0.4, 0.5) is 0 Å². The Morgan fingerprint density at radius 3 is 2.89 bits per heavy atom. The lowest BCUT2D eigenvalue weighted by molar-refractivity contribution is 0.0763. The molecule has 0 amide bonds. The van der Waals surface area contributed by atoms with Crippen molar-refractivity contribution < 1.29 is 14.2 Å². The predicted octanol–water partition coefficient (Wildman–Crippen LogP) is 1.32. The minimum atomic E-state index is 0.000793. The van der Waals surface area contributed by atoms with Crippen molar-refractivity contribution in [1.29, 1.82) is 0 Å². The Morgan fingerprint density at radius 1 is 1.47 bits per heavy atom. The second-order valence-corrected chi connectivity index (χ2v) is 4.39. The molecule has 1 N–H and O–H groups in total. The summed E-state index contributed by atoms with van der Waals surface area (Å²) in [6, 6.07) is 0.000793. The van der Waals surface area contributed by atoms with Crippen LogP contribution in [0.25, 0.3) is 0 Å². The summed E-state index contributed by atoms with van der Waals surface area (Å²) >= 11 is 0. The molecule has 0 aliphatic carbocycles. The Kier molecular flexibility index (Phi) is 4.93. The topological polar surface area (TPSA) is 65.5 Å². The molecule has 2 unspecified atom stereocenters. The summed E-state index contributed by atoms with van der Waals surface area (Å²) in [6.45, 7) is 3.70. The maximum atomic E-state index is 5.76. The lowest BCUT2D eigenvalue weighted by Gasteiger charge is -2.24. The first-order chi connectivity index (χ1) is 9.30. The van der Waals surface area contributed by atoms with Gasteiger partial charge in [-0.3, -0.25) is 0 Å². The second-order valence-electron chi connectivity index (χ2n) is 4.39. The number of methoxy groups -OCH3 is 2. The van der Waals surface area contributed by atoms with Gasteiger partial charge in [-0.05, 0) is 19.4 Å². The molecule has 2 heterocycles. The quantitative estimate of drug-likeness (QED) is 0.838. The van der Waals surface area contributed by atoms with Crippen LogP contribution >= 0.6 is 0 Å². The fourth-order valence-electron chi connectivity index (χ4n) is 2.32. The molecule has 1 fully saturated rings. The number of rotatable bonds is 6. The standard InChI is InChI=1S/C13H21N3O3/c1-4-14-11(9-6-5-7-19-9)12-13(18-3)16-10(17-2)8-15-12/h8-9,11,14H,4-7H2,1-3H3. The first-order valence-corrected chi connectivity index (χ1v) is 6.60. The molecule has 1 aliphatic rings. The Balaban J connectivity index is 2.29. The van der Waals surface area contributed by atoms with Gasteiger partial charge in [0.2, 0.25) is 11.8 Å². The van der Waals surface area contributed by atoms with Crippen molar-refractivity contribution in [2.45, 2.75) is 31.9 Å². The molecule has 1 saturated heterocycles. The van der Waals surface area contributed by atoms with Gasteiger partial charge in [-0.25, -0.2) is 4.98 Å². The lowest BCUT2D eigenvalue weighted by Crippen LogP contribution is -2.32. The number of nitrogens with one attached hydrogen (secondary N) is 1. The number of nitrogens with zero attached hydrogens (tertiary/aromatic N) is 2. The average Bonchev–Trinajstić information content (AvgIpc) is 2.98. The molecule has 106 valence electrons. The van der Waals surface area contributed by atoms with Crippen LogP contribution in [-0.2, 0) is 4.74 Å². The van der Waals surface area contributed by atoms with Gasteiger partial charge in [-0.1, -0.05) is 6.92 Å². The Hall–Kier alpha value is -1.40. The normalized spacial score (nSPS) is 20.3. The molecule has 6 heteroatoms. The Labute approximate surface area is 113 Å². The van der Waals surface area contributed by atoms with Crippen LogP contribution < -0.4 is 14.8 Å². The molecule has 2 rings (SSSR count). The van der Waals surface area contributed by atoms with Crippen LogP contribution in [0, 0.1) is 0 Å². The molecule has 0 bridgehead atoms. The smallest absolute Gasteiger partial charge is 0.240 e. The molecule has 0 aromatic carbocycles. The molecule has 2 atom stereocenters. The van der Waals surface area contributed by atoms with Crippen LogP contribution in [0.3, 0.4) is 0 Å². The van der Waals surface area contributed by atoms with E-state index in [9.17, 15) is 0 Å². The first-order valence-electron chi connectivity index (χ1n) is 6.60. The molecule has 19 heavy (non-hydrogen) atoms. The van der Waals surface area contributed by atoms with Crippen molar-refractivity contribution in [3.63, 3.8) is 0 Å². The highest BCUT2D eigenvalue weighted by Crippen LogP contribution is 2.31. The van der Waals surface area contributed by atoms with E-state index in [1.165, 1.54) is 0 Å². The third kappa shape index (κ3) is 3.13. The third-order valence-corrected chi connectivity index (χ3v) is 3.20. The van der Waals surface area contributed by atoms with Crippen molar-refractivity contribution in [3.05, 3.63) is 11.9 Å². The van der Waals surface area contributed by atoms with Crippen LogP contribution in [0.2, 0.25) is 0 Å². The zero-order valence-corrected chi connectivity index (χ0v) is 11.7.